The number of nitrogens with one attached hydrogen (secondary N) is 1. The van der Waals surface area contributed by atoms with Gasteiger partial charge in [0.15, 0.2) is 0 Å². The monoisotopic (exact) mass is 756 g/mol. The van der Waals surface area contributed by atoms with Crippen molar-refractivity contribution >= 4 is 51.4 Å². The van der Waals surface area contributed by atoms with Crippen LogP contribution in [0.25, 0.3) is 0 Å². The number of hydrogen-bond acceptors (Lipinski definition) is 9. The molecular weight excluding hydrogens is 688 g/mol. The minimum absolute atomic E-state index is 0. The second-order valence-corrected chi connectivity index (χ2v) is 24.7. The van der Waals surface area contributed by atoms with Crippen LogP contribution in [-0.2, 0) is 9.47 Å². The molecule has 0 fully saturated rings. The Morgan fingerprint density at radius 1 is 0.720 bits per heavy atom. The lowest BCUT2D eigenvalue weighted by molar-refractivity contribution is 0.159. The van der Waals surface area contributed by atoms with Crippen molar-refractivity contribution in [3.63, 3.8) is 0 Å². The molecular formula is C37H69ClN4O6Si2. The molecule has 0 aliphatic heterocycles. The zero-order chi connectivity index (χ0) is 37.7. The highest BCUT2D eigenvalue weighted by Gasteiger charge is 2.39. The SMILES string of the molecule is C.CC(C)(C)[Si](C)(C)Oc1ccc(N)nc1.CCCCCCOC(=O)Cl.CCCCCCOC(=O)Nc1ccc(O[Si](C)(C)C(C)(C)C)cn1. The lowest BCUT2D eigenvalue weighted by Gasteiger charge is -2.36. The molecule has 2 aromatic heterocycles. The third-order valence-corrected chi connectivity index (χ3v) is 17.4. The number of carbonyl (C=O) groups is 2. The van der Waals surface area contributed by atoms with E-state index in [0.29, 0.717) is 24.8 Å². The van der Waals surface area contributed by atoms with Gasteiger partial charge in [-0.2, -0.15) is 0 Å². The molecule has 1 amide bonds. The van der Waals surface area contributed by atoms with Gasteiger partial charge in [-0.1, -0.05) is 101 Å². The van der Waals surface area contributed by atoms with Crippen LogP contribution in [0.15, 0.2) is 36.7 Å². The molecule has 0 aromatic carbocycles. The highest BCUT2D eigenvalue weighted by molar-refractivity contribution is 6.75. The molecule has 2 heterocycles. The van der Waals surface area contributed by atoms with Crippen LogP contribution in [0.1, 0.15) is 114 Å². The topological polar surface area (TPSA) is 135 Å². The molecule has 0 atom stereocenters. The standard InChI is InChI=1S/C18H32N2O3Si.C11H20N2OSi.C7H13ClO2.CH4/c1-7-8-9-10-13-22-17(21)20-16-12-11-15(14-19-16)23-24(5,6)18(2,3)4;1-11(2,3)15(4,5)14-9-6-7-10(12)13-8-9;1-2-3-4-5-6-10-7(8)9;/h11-12,14H,7-10,13H2,1-6H3,(H,19,20,21);6-8H,1-5H3,(H2,12,13);2-6H2,1H3;1H4. The third kappa shape index (κ3) is 22.1. The minimum Gasteiger partial charge on any atom is -0.542 e. The van der Waals surface area contributed by atoms with Crippen molar-refractivity contribution in [3.8, 4) is 11.5 Å². The quantitative estimate of drug-likeness (QED) is 0.103. The number of nitrogens with two attached hydrogens (primary N) is 1. The van der Waals surface area contributed by atoms with E-state index < -0.39 is 28.2 Å². The summed E-state index contributed by atoms with van der Waals surface area (Å²) in [7, 11) is -3.62. The number of unbranched alkanes of at least 4 members (excludes halogenated alkanes) is 6. The van der Waals surface area contributed by atoms with Crippen LogP contribution < -0.4 is 19.9 Å². The Balaban J connectivity index is 0. The number of nitrogens with zero attached hydrogens (tertiary/aromatic N) is 2. The van der Waals surface area contributed by atoms with Crippen LogP contribution in [0.5, 0.6) is 11.5 Å². The summed E-state index contributed by atoms with van der Waals surface area (Å²) < 4.78 is 21.9. The van der Waals surface area contributed by atoms with Gasteiger partial charge in [-0.15, -0.1) is 0 Å². The molecule has 0 saturated carbocycles. The molecule has 0 spiro atoms. The summed E-state index contributed by atoms with van der Waals surface area (Å²) in [6.07, 6.45) is 11.6. The predicted octanol–water partition coefficient (Wildman–Crippen LogP) is 12.2. The smallest absolute Gasteiger partial charge is 0.412 e. The second kappa shape index (κ2) is 24.4. The summed E-state index contributed by atoms with van der Waals surface area (Å²) in [6, 6.07) is 7.22. The second-order valence-electron chi connectivity index (χ2n) is 15.0. The van der Waals surface area contributed by atoms with Gasteiger partial charge in [0.25, 0.3) is 16.6 Å². The number of aromatic nitrogens is 2. The van der Waals surface area contributed by atoms with Crippen molar-refractivity contribution in [2.75, 3.05) is 24.3 Å². The first kappa shape index (κ1) is 49.3. The van der Waals surface area contributed by atoms with Gasteiger partial charge in [0.05, 0.1) is 25.6 Å². The van der Waals surface area contributed by atoms with Crippen molar-refractivity contribution < 1.29 is 27.9 Å². The van der Waals surface area contributed by atoms with Gasteiger partial charge in [0.2, 0.25) is 0 Å². The molecule has 0 radical (unpaired) electrons. The summed E-state index contributed by atoms with van der Waals surface area (Å²) in [5.41, 5.74) is 4.82. The van der Waals surface area contributed by atoms with Crippen molar-refractivity contribution in [2.24, 2.45) is 0 Å². The molecule has 0 aliphatic carbocycles. The number of hydrogen-bond donors (Lipinski definition) is 2. The molecule has 0 unspecified atom stereocenters. The van der Waals surface area contributed by atoms with E-state index >= 15 is 0 Å². The van der Waals surface area contributed by atoms with E-state index in [2.05, 4.69) is 102 Å². The van der Waals surface area contributed by atoms with Crippen LogP contribution in [0.2, 0.25) is 36.3 Å². The molecule has 2 rings (SSSR count). The van der Waals surface area contributed by atoms with Crippen LogP contribution >= 0.6 is 11.6 Å². The number of amides is 1. The van der Waals surface area contributed by atoms with E-state index in [1.54, 1.807) is 24.5 Å². The Morgan fingerprint density at radius 3 is 1.52 bits per heavy atom. The zero-order valence-electron chi connectivity index (χ0n) is 32.3. The zero-order valence-corrected chi connectivity index (χ0v) is 35.1. The summed E-state index contributed by atoms with van der Waals surface area (Å²) >= 11 is 4.93. The molecule has 288 valence electrons. The Kier molecular flexibility index (Phi) is 24.0. The maximum Gasteiger partial charge on any atom is 0.412 e. The fourth-order valence-electron chi connectivity index (χ4n) is 3.38. The van der Waals surface area contributed by atoms with Crippen LogP contribution in [0.4, 0.5) is 21.2 Å². The highest BCUT2D eigenvalue weighted by atomic mass is 35.5. The first-order valence-corrected chi connectivity index (χ1v) is 23.7. The van der Waals surface area contributed by atoms with Gasteiger partial charge < -0.3 is 24.1 Å². The number of anilines is 2. The maximum atomic E-state index is 11.7. The highest BCUT2D eigenvalue weighted by Crippen LogP contribution is 2.38. The van der Waals surface area contributed by atoms with Gasteiger partial charge in [-0.25, -0.2) is 19.6 Å². The average Bonchev–Trinajstić information content (AvgIpc) is 2.98. The minimum atomic E-state index is -1.88. The Labute approximate surface area is 311 Å². The number of ether oxygens (including phenoxy) is 2. The molecule has 10 nitrogen and oxygen atoms in total. The third-order valence-electron chi connectivity index (χ3n) is 8.53. The van der Waals surface area contributed by atoms with Crippen LogP contribution in [-0.4, -0.2) is 51.3 Å². The van der Waals surface area contributed by atoms with Crippen molar-refractivity contribution in [3.05, 3.63) is 36.7 Å². The van der Waals surface area contributed by atoms with E-state index in [1.807, 2.05) is 12.1 Å². The first-order chi connectivity index (χ1) is 22.6. The summed E-state index contributed by atoms with van der Waals surface area (Å²) in [5, 5.41) is 2.97. The fraction of sp³-hybridized carbons (Fsp3) is 0.676. The number of carbonyl (C=O) groups excluding carboxylic acids is 2. The number of nitrogen functional groups attached to an aromatic ring is 1. The van der Waals surface area contributed by atoms with Crippen molar-refractivity contribution in [2.45, 2.75) is 150 Å². The average molecular weight is 758 g/mol. The molecule has 13 heteroatoms. The van der Waals surface area contributed by atoms with E-state index in [0.717, 1.165) is 37.2 Å². The lowest BCUT2D eigenvalue weighted by Crippen LogP contribution is -2.43. The Bertz CT molecular complexity index is 1200. The van der Waals surface area contributed by atoms with E-state index in [-0.39, 0.29) is 17.5 Å². The van der Waals surface area contributed by atoms with E-state index in [9.17, 15) is 9.59 Å². The van der Waals surface area contributed by atoms with Crippen molar-refractivity contribution in [1.82, 2.24) is 9.97 Å². The number of halogens is 1. The van der Waals surface area contributed by atoms with Crippen molar-refractivity contribution in [1.29, 1.82) is 0 Å². The molecule has 0 saturated heterocycles. The molecule has 0 aliphatic rings. The van der Waals surface area contributed by atoms with Crippen LogP contribution in [0, 0.1) is 0 Å². The fourth-order valence-corrected chi connectivity index (χ4v) is 5.49. The maximum absolute atomic E-state index is 11.7. The Morgan fingerprint density at radius 2 is 1.16 bits per heavy atom. The van der Waals surface area contributed by atoms with Gasteiger partial charge in [0, 0.05) is 11.6 Å². The van der Waals surface area contributed by atoms with E-state index in [1.165, 1.54) is 25.7 Å². The summed E-state index contributed by atoms with van der Waals surface area (Å²) in [4.78, 5) is 30.0. The van der Waals surface area contributed by atoms with Gasteiger partial charge >= 0.3 is 11.5 Å². The molecule has 2 aromatic rings. The van der Waals surface area contributed by atoms with Gasteiger partial charge in [-0.05, 0) is 73.4 Å². The molecule has 50 heavy (non-hydrogen) atoms. The summed E-state index contributed by atoms with van der Waals surface area (Å²) in [6.45, 7) is 27.2. The normalized spacial score (nSPS) is 11.4. The Hall–Kier alpha value is -2.84. The van der Waals surface area contributed by atoms with Gasteiger partial charge in [-0.3, -0.25) is 5.32 Å². The summed E-state index contributed by atoms with van der Waals surface area (Å²) in [5.74, 6) is 2.55. The largest absolute Gasteiger partial charge is 0.542 e. The first-order valence-electron chi connectivity index (χ1n) is 17.5. The predicted molar refractivity (Wildman–Crippen MR) is 216 cm³/mol. The van der Waals surface area contributed by atoms with Crippen LogP contribution in [0.3, 0.4) is 0 Å². The lowest BCUT2D eigenvalue weighted by atomic mass is 10.2. The molecule has 3 N–H and O–H groups in total. The van der Waals surface area contributed by atoms with Gasteiger partial charge in [0.1, 0.15) is 23.1 Å². The number of rotatable bonds is 15. The molecule has 0 bridgehead atoms. The number of pyridine rings is 2. The van der Waals surface area contributed by atoms with E-state index in [4.69, 9.17) is 30.9 Å².